The van der Waals surface area contributed by atoms with Crippen molar-refractivity contribution in [2.45, 2.75) is 13.8 Å². The minimum Gasteiger partial charge on any atom is -0.352 e. The molecule has 6 heteroatoms. The fourth-order valence-corrected chi connectivity index (χ4v) is 2.96. The fourth-order valence-electron chi connectivity index (χ4n) is 2.53. The summed E-state index contributed by atoms with van der Waals surface area (Å²) in [5, 5.41) is 10.7. The summed E-state index contributed by atoms with van der Waals surface area (Å²) in [6.45, 7) is 4.03. The second-order valence-electron chi connectivity index (χ2n) is 5.26. The smallest absolute Gasteiger partial charge is 0.251 e. The van der Waals surface area contributed by atoms with E-state index in [2.05, 4.69) is 31.4 Å². The van der Waals surface area contributed by atoms with Crippen LogP contribution in [0.2, 0.25) is 0 Å². The van der Waals surface area contributed by atoms with Gasteiger partial charge in [0.05, 0.1) is 5.52 Å². The van der Waals surface area contributed by atoms with Gasteiger partial charge in [0.25, 0.3) is 5.91 Å². The van der Waals surface area contributed by atoms with Crippen molar-refractivity contribution < 1.29 is 9.18 Å². The van der Waals surface area contributed by atoms with E-state index in [-0.39, 0.29) is 5.91 Å². The monoisotopic (exact) mass is 375 g/mol. The molecule has 0 atom stereocenters. The number of nitrogens with one attached hydrogen (secondary N) is 2. The van der Waals surface area contributed by atoms with Crippen molar-refractivity contribution in [1.29, 1.82) is 0 Å². The Hall–Kier alpha value is -2.21. The second kappa shape index (κ2) is 6.12. The van der Waals surface area contributed by atoms with Crippen LogP contribution in [0, 0.1) is 12.7 Å². The molecule has 0 saturated carbocycles. The zero-order valence-electron chi connectivity index (χ0n) is 12.7. The second-order valence-corrected chi connectivity index (χ2v) is 6.02. The van der Waals surface area contributed by atoms with E-state index in [0.29, 0.717) is 23.2 Å². The first-order chi connectivity index (χ1) is 11.0. The lowest BCUT2D eigenvalue weighted by Gasteiger charge is -2.11. The predicted octanol–water partition coefficient (Wildman–Crippen LogP) is 4.19. The average molecular weight is 376 g/mol. The molecule has 0 fully saturated rings. The van der Waals surface area contributed by atoms with Crippen LogP contribution in [0.3, 0.4) is 0 Å². The SMILES string of the molecule is CCNC(=O)c1cc(F)c(C)c(-c2ccc3c(Br)n[nH]c3c2)c1. The number of carbonyl (C=O) groups is 1. The zero-order chi connectivity index (χ0) is 16.6. The highest BCUT2D eigenvalue weighted by molar-refractivity contribution is 9.10. The van der Waals surface area contributed by atoms with Gasteiger partial charge in [0.2, 0.25) is 0 Å². The molecule has 1 aromatic heterocycles. The molecule has 0 unspecified atom stereocenters. The number of nitrogens with zero attached hydrogens (tertiary/aromatic N) is 1. The van der Waals surface area contributed by atoms with Crippen LogP contribution in [0.4, 0.5) is 4.39 Å². The van der Waals surface area contributed by atoms with E-state index in [4.69, 9.17) is 0 Å². The Morgan fingerprint density at radius 3 is 2.87 bits per heavy atom. The maximum Gasteiger partial charge on any atom is 0.251 e. The molecule has 23 heavy (non-hydrogen) atoms. The predicted molar refractivity (Wildman–Crippen MR) is 91.9 cm³/mol. The molecule has 0 aliphatic carbocycles. The van der Waals surface area contributed by atoms with E-state index >= 15 is 0 Å². The lowest BCUT2D eigenvalue weighted by atomic mass is 9.96. The first-order valence-corrected chi connectivity index (χ1v) is 8.03. The summed E-state index contributed by atoms with van der Waals surface area (Å²) in [6.07, 6.45) is 0. The van der Waals surface area contributed by atoms with Crippen molar-refractivity contribution >= 4 is 32.7 Å². The van der Waals surface area contributed by atoms with Crippen LogP contribution >= 0.6 is 15.9 Å². The first-order valence-electron chi connectivity index (χ1n) is 7.23. The van der Waals surface area contributed by atoms with Crippen LogP contribution in [0.5, 0.6) is 0 Å². The summed E-state index contributed by atoms with van der Waals surface area (Å²) in [5.74, 6) is -0.673. The van der Waals surface area contributed by atoms with Crippen LogP contribution in [0.1, 0.15) is 22.8 Å². The number of halogens is 2. The van der Waals surface area contributed by atoms with E-state index in [1.54, 1.807) is 13.0 Å². The van der Waals surface area contributed by atoms with Gasteiger partial charge in [0.1, 0.15) is 10.4 Å². The number of fused-ring (bicyclic) bond motifs is 1. The summed E-state index contributed by atoms with van der Waals surface area (Å²) >= 11 is 3.37. The molecule has 118 valence electrons. The van der Waals surface area contributed by atoms with E-state index < -0.39 is 5.82 Å². The van der Waals surface area contributed by atoms with Crippen LogP contribution in [-0.4, -0.2) is 22.6 Å². The van der Waals surface area contributed by atoms with E-state index in [0.717, 1.165) is 21.1 Å². The Morgan fingerprint density at radius 2 is 2.13 bits per heavy atom. The average Bonchev–Trinajstić information content (AvgIpc) is 2.91. The molecule has 3 rings (SSSR count). The number of hydrogen-bond donors (Lipinski definition) is 2. The van der Waals surface area contributed by atoms with Crippen LogP contribution in [0.15, 0.2) is 34.9 Å². The van der Waals surface area contributed by atoms with Gasteiger partial charge in [0, 0.05) is 17.5 Å². The van der Waals surface area contributed by atoms with Crippen molar-refractivity contribution in [2.24, 2.45) is 0 Å². The molecule has 0 spiro atoms. The third-order valence-corrected chi connectivity index (χ3v) is 4.38. The van der Waals surface area contributed by atoms with E-state index in [1.165, 1.54) is 6.07 Å². The number of aromatic nitrogens is 2. The topological polar surface area (TPSA) is 57.8 Å². The molecule has 1 amide bonds. The summed E-state index contributed by atoms with van der Waals surface area (Å²) in [5.41, 5.74) is 3.19. The minimum absolute atomic E-state index is 0.280. The molecule has 2 aromatic carbocycles. The summed E-state index contributed by atoms with van der Waals surface area (Å²) in [6, 6.07) is 8.70. The lowest BCUT2D eigenvalue weighted by molar-refractivity contribution is 0.0955. The third kappa shape index (κ3) is 2.86. The van der Waals surface area contributed by atoms with Gasteiger partial charge in [-0.3, -0.25) is 9.89 Å². The Bertz CT molecular complexity index is 904. The van der Waals surface area contributed by atoms with Gasteiger partial charge in [-0.2, -0.15) is 5.10 Å². The Kier molecular flexibility index (Phi) is 4.17. The van der Waals surface area contributed by atoms with Crippen molar-refractivity contribution in [2.75, 3.05) is 6.54 Å². The van der Waals surface area contributed by atoms with Crippen molar-refractivity contribution in [3.63, 3.8) is 0 Å². The van der Waals surface area contributed by atoms with Crippen molar-refractivity contribution in [3.05, 3.63) is 51.9 Å². The molecule has 0 aliphatic rings. The fraction of sp³-hybridized carbons (Fsp3) is 0.176. The highest BCUT2D eigenvalue weighted by Crippen LogP contribution is 2.30. The Morgan fingerprint density at radius 1 is 1.35 bits per heavy atom. The Labute approximate surface area is 141 Å². The number of carbonyl (C=O) groups excluding carboxylic acids is 1. The highest BCUT2D eigenvalue weighted by atomic mass is 79.9. The molecule has 3 aromatic rings. The largest absolute Gasteiger partial charge is 0.352 e. The van der Waals surface area contributed by atoms with E-state index in [1.807, 2.05) is 25.1 Å². The number of aromatic amines is 1. The first kappa shape index (κ1) is 15.7. The quantitative estimate of drug-likeness (QED) is 0.720. The molecule has 1 heterocycles. The molecule has 0 saturated heterocycles. The normalized spacial score (nSPS) is 11.0. The lowest BCUT2D eigenvalue weighted by Crippen LogP contribution is -2.22. The molecule has 2 N–H and O–H groups in total. The molecular weight excluding hydrogens is 361 g/mol. The standard InChI is InChI=1S/C17H15BrFN3O/c1-3-20-17(23)11-6-13(9(2)14(19)7-11)10-4-5-12-15(8-10)21-22-16(12)18/h4-8H,3H2,1-2H3,(H,20,23)(H,21,22). The molecular formula is C17H15BrFN3O. The van der Waals surface area contributed by atoms with Gasteiger partial charge >= 0.3 is 0 Å². The maximum absolute atomic E-state index is 14.2. The van der Waals surface area contributed by atoms with Gasteiger partial charge in [-0.25, -0.2) is 4.39 Å². The van der Waals surface area contributed by atoms with Crippen LogP contribution < -0.4 is 5.32 Å². The summed E-state index contributed by atoms with van der Waals surface area (Å²) in [4.78, 5) is 12.0. The van der Waals surface area contributed by atoms with Gasteiger partial charge in [0.15, 0.2) is 0 Å². The molecule has 0 bridgehead atoms. The number of rotatable bonds is 3. The zero-order valence-corrected chi connectivity index (χ0v) is 14.3. The molecule has 0 aliphatic heterocycles. The maximum atomic E-state index is 14.2. The summed E-state index contributed by atoms with van der Waals surface area (Å²) < 4.78 is 15.0. The van der Waals surface area contributed by atoms with Gasteiger partial charge < -0.3 is 5.32 Å². The highest BCUT2D eigenvalue weighted by Gasteiger charge is 2.14. The third-order valence-electron chi connectivity index (χ3n) is 3.77. The van der Waals surface area contributed by atoms with Gasteiger partial charge in [-0.05, 0) is 70.7 Å². The Balaban J connectivity index is 2.14. The van der Waals surface area contributed by atoms with Crippen LogP contribution in [0.25, 0.3) is 22.0 Å². The van der Waals surface area contributed by atoms with E-state index in [9.17, 15) is 9.18 Å². The van der Waals surface area contributed by atoms with Crippen LogP contribution in [-0.2, 0) is 0 Å². The number of benzene rings is 2. The molecule has 4 nitrogen and oxygen atoms in total. The van der Waals surface area contributed by atoms with Gasteiger partial charge in [-0.15, -0.1) is 0 Å². The number of H-pyrrole nitrogens is 1. The number of hydrogen-bond acceptors (Lipinski definition) is 2. The van der Waals surface area contributed by atoms with Crippen molar-refractivity contribution in [1.82, 2.24) is 15.5 Å². The number of amides is 1. The van der Waals surface area contributed by atoms with Crippen molar-refractivity contribution in [3.8, 4) is 11.1 Å². The molecule has 0 radical (unpaired) electrons. The van der Waals surface area contributed by atoms with Gasteiger partial charge in [-0.1, -0.05) is 6.07 Å². The summed E-state index contributed by atoms with van der Waals surface area (Å²) in [7, 11) is 0. The minimum atomic E-state index is -0.394.